The average molecular weight is 448 g/mol. The molecule has 0 unspecified atom stereocenters. The zero-order valence-electron chi connectivity index (χ0n) is 17.3. The summed E-state index contributed by atoms with van der Waals surface area (Å²) < 4.78 is 8.91. The van der Waals surface area contributed by atoms with Crippen molar-refractivity contribution in [3.8, 4) is 5.75 Å². The Kier molecular flexibility index (Phi) is 6.02. The topological polar surface area (TPSA) is 9.23 Å². The minimum atomic E-state index is -1.72. The van der Waals surface area contributed by atoms with Crippen molar-refractivity contribution in [1.82, 2.24) is 0 Å². The van der Waals surface area contributed by atoms with Crippen LogP contribution in [-0.2, 0) is 0 Å². The fourth-order valence-corrected chi connectivity index (χ4v) is 10.1. The van der Waals surface area contributed by atoms with Crippen molar-refractivity contribution in [2.45, 2.75) is 81.0 Å². The van der Waals surface area contributed by atoms with Gasteiger partial charge in [0.05, 0.1) is 0 Å². The van der Waals surface area contributed by atoms with Gasteiger partial charge in [-0.15, -0.1) is 20.5 Å². The van der Waals surface area contributed by atoms with Crippen LogP contribution in [0.4, 0.5) is 0 Å². The molecule has 4 bridgehead atoms. The van der Waals surface area contributed by atoms with E-state index in [1.54, 1.807) is 42.2 Å². The third-order valence-electron chi connectivity index (χ3n) is 7.85. The second-order valence-corrected chi connectivity index (χ2v) is 18.5. The quantitative estimate of drug-likeness (QED) is 0.487. The minimum absolute atomic E-state index is 0. The van der Waals surface area contributed by atoms with Gasteiger partial charge >= 0.3 is 20.4 Å². The largest absolute Gasteiger partial charge is 0.544 e. The Hall–Kier alpha value is 0.483. The van der Waals surface area contributed by atoms with Crippen molar-refractivity contribution in [3.63, 3.8) is 0 Å². The second-order valence-electron chi connectivity index (χ2n) is 11.1. The van der Waals surface area contributed by atoms with E-state index in [-0.39, 0.29) is 42.4 Å². The molecule has 0 saturated heterocycles. The van der Waals surface area contributed by atoms with Gasteiger partial charge in [-0.1, -0.05) is 52.2 Å². The summed E-state index contributed by atoms with van der Waals surface area (Å²) in [5, 5.41) is 0.264. The zero-order chi connectivity index (χ0) is 17.9. The third kappa shape index (κ3) is 4.23. The zero-order valence-corrected chi connectivity index (χ0v) is 21.4. The lowest BCUT2D eigenvalue weighted by molar-refractivity contribution is 0.0292. The molecule has 0 aliphatic heterocycles. The van der Waals surface area contributed by atoms with Crippen molar-refractivity contribution in [2.24, 2.45) is 17.8 Å². The minimum Gasteiger partial charge on any atom is -0.544 e. The van der Waals surface area contributed by atoms with Crippen molar-refractivity contribution < 1.29 is 4.43 Å². The predicted molar refractivity (Wildman–Crippen MR) is 121 cm³/mol. The molecular formula is C22H35BrMgOSi. The monoisotopic (exact) mass is 446 g/mol. The van der Waals surface area contributed by atoms with Crippen LogP contribution in [0, 0.1) is 17.8 Å². The Bertz CT molecular complexity index is 599. The van der Waals surface area contributed by atoms with Crippen molar-refractivity contribution in [2.75, 3.05) is 0 Å². The molecule has 0 aromatic heterocycles. The molecular weight excluding hydrogens is 413 g/mol. The molecule has 0 heterocycles. The third-order valence-corrected chi connectivity index (χ3v) is 14.7. The van der Waals surface area contributed by atoms with Crippen LogP contribution in [0.25, 0.3) is 0 Å². The van der Waals surface area contributed by atoms with Crippen molar-refractivity contribution in [1.29, 1.82) is 0 Å². The summed E-state index contributed by atoms with van der Waals surface area (Å²) in [6.07, 6.45) is 9.38. The van der Waals surface area contributed by atoms with Gasteiger partial charge in [0.15, 0.2) is 0 Å². The molecule has 4 fully saturated rings. The highest BCUT2D eigenvalue weighted by Gasteiger charge is 2.50. The van der Waals surface area contributed by atoms with Crippen LogP contribution in [0.2, 0.25) is 21.7 Å². The summed E-state index contributed by atoms with van der Waals surface area (Å²) in [7, 11) is -1.72. The predicted octanol–water partition coefficient (Wildman–Crippen LogP) is 6.37. The van der Waals surface area contributed by atoms with Crippen LogP contribution in [0.3, 0.4) is 0 Å². The molecule has 26 heavy (non-hydrogen) atoms. The molecule has 1 nitrogen and oxygen atoms in total. The van der Waals surface area contributed by atoms with E-state index in [1.807, 2.05) is 0 Å². The first-order chi connectivity index (χ1) is 11.6. The van der Waals surface area contributed by atoms with Gasteiger partial charge in [-0.2, -0.15) is 3.69 Å². The molecule has 1 aromatic carbocycles. The Morgan fingerprint density at radius 1 is 0.923 bits per heavy atom. The van der Waals surface area contributed by atoms with Crippen LogP contribution in [-0.4, -0.2) is 28.7 Å². The van der Waals surface area contributed by atoms with E-state index in [9.17, 15) is 0 Å². The first-order valence-corrected chi connectivity index (χ1v) is 14.7. The van der Waals surface area contributed by atoms with Crippen LogP contribution in [0.5, 0.6) is 5.75 Å². The Morgan fingerprint density at radius 2 is 1.38 bits per heavy atom. The van der Waals surface area contributed by atoms with E-state index < -0.39 is 8.32 Å². The number of rotatable bonds is 4. The molecule has 0 radical (unpaired) electrons. The van der Waals surface area contributed by atoms with Gasteiger partial charge in [-0.3, -0.25) is 0 Å². The van der Waals surface area contributed by atoms with Gasteiger partial charge in [0.25, 0.3) is 0 Å². The van der Waals surface area contributed by atoms with Crippen LogP contribution < -0.4 is 8.12 Å². The number of benzene rings is 1. The lowest BCUT2D eigenvalue weighted by Gasteiger charge is -2.58. The molecule has 4 saturated carbocycles. The molecule has 0 N–H and O–H groups in total. The van der Waals surface area contributed by atoms with E-state index in [2.05, 4.69) is 58.1 Å². The smallest absolute Gasteiger partial charge is 0.417 e. The fraction of sp³-hybridized carbons (Fsp3) is 0.727. The number of hydrogen-bond acceptors (Lipinski definition) is 1. The van der Waals surface area contributed by atoms with Crippen molar-refractivity contribution >= 4 is 49.4 Å². The average Bonchev–Trinajstić information content (AvgIpc) is 2.46. The number of hydrogen-bond donors (Lipinski definition) is 0. The van der Waals surface area contributed by atoms with Crippen LogP contribution in [0.15, 0.2) is 24.3 Å². The number of halogens is 1. The highest BCUT2D eigenvalue weighted by molar-refractivity contribution is 8.93. The Balaban J connectivity index is 0.00000196. The molecule has 4 aliphatic rings. The van der Waals surface area contributed by atoms with E-state index in [1.165, 1.54) is 0 Å². The van der Waals surface area contributed by atoms with Gasteiger partial charge in [-0.25, -0.2) is 0 Å². The van der Waals surface area contributed by atoms with Gasteiger partial charge in [-0.05, 0) is 67.3 Å². The molecule has 5 rings (SSSR count). The summed E-state index contributed by atoms with van der Waals surface area (Å²) in [5.41, 5.74) is 0. The highest BCUT2D eigenvalue weighted by Crippen LogP contribution is 2.63. The first-order valence-electron chi connectivity index (χ1n) is 10.4. The molecule has 4 aliphatic carbocycles. The van der Waals surface area contributed by atoms with E-state index in [0.29, 0.717) is 0 Å². The summed E-state index contributed by atoms with van der Waals surface area (Å²) >= 11 is -0.175. The van der Waals surface area contributed by atoms with E-state index >= 15 is 0 Å². The molecule has 0 amide bonds. The standard InChI is InChI=1S/C12H19OSi.C10H15.BrH.Mg/c1-12(2,3)14(4,5)13-11-9-7-6-8-10-11;1-7-2-9-4-8(1)5-10(3-7)6-9;;/h7-10H,1-5H3;7-9H,1-6H2;1H;. The highest BCUT2D eigenvalue weighted by atomic mass is 79.9. The van der Waals surface area contributed by atoms with Crippen LogP contribution in [0.1, 0.15) is 59.3 Å². The van der Waals surface area contributed by atoms with Crippen molar-refractivity contribution in [3.05, 3.63) is 24.3 Å². The Labute approximate surface area is 181 Å². The maximum absolute atomic E-state index is 6.47. The normalized spacial score (nSPS) is 32.7. The molecule has 0 atom stereocenters. The lowest BCUT2D eigenvalue weighted by Crippen LogP contribution is -2.47. The summed E-state index contributed by atoms with van der Waals surface area (Å²) in [4.78, 5) is 0. The van der Waals surface area contributed by atoms with Gasteiger partial charge in [0.2, 0.25) is 8.32 Å². The van der Waals surface area contributed by atoms with E-state index in [4.69, 9.17) is 4.43 Å². The second kappa shape index (κ2) is 7.38. The summed E-state index contributed by atoms with van der Waals surface area (Å²) in [6, 6.07) is 9.35. The van der Waals surface area contributed by atoms with Gasteiger partial charge in [0.1, 0.15) is 5.75 Å². The summed E-state index contributed by atoms with van der Waals surface area (Å²) in [6.45, 7) is 11.6. The first kappa shape index (κ1) is 21.2. The van der Waals surface area contributed by atoms with Gasteiger partial charge < -0.3 is 4.43 Å². The molecule has 4 heteroatoms. The van der Waals surface area contributed by atoms with E-state index in [0.717, 1.165) is 27.0 Å². The van der Waals surface area contributed by atoms with Gasteiger partial charge in [0, 0.05) is 0 Å². The fourth-order valence-electron chi connectivity index (χ4n) is 6.06. The maximum atomic E-state index is 6.47. The summed E-state index contributed by atoms with van der Waals surface area (Å²) in [5.74, 6) is 4.34. The van der Waals surface area contributed by atoms with Crippen LogP contribution >= 0.6 is 17.0 Å². The lowest BCUT2D eigenvalue weighted by atomic mass is 9.55. The maximum Gasteiger partial charge on any atom is 0.417 e. The molecule has 142 valence electrons. The SMILES string of the molecule is Br.CC(C)(C)[Si](C)(C)Oc1cc[c]([Mg][C]23CC4CC(CC(C4)C2)C3)cc1. The molecule has 0 spiro atoms. The molecule has 1 aromatic rings. The Morgan fingerprint density at radius 3 is 1.81 bits per heavy atom.